The SMILES string of the molecule is O=C(I)/C=C/c1ccno1. The van der Waals surface area contributed by atoms with Crippen LogP contribution in [-0.4, -0.2) is 8.95 Å². The highest BCUT2D eigenvalue weighted by Gasteiger charge is 1.89. The van der Waals surface area contributed by atoms with Crippen LogP contribution in [0.5, 0.6) is 0 Å². The first-order valence-corrected chi connectivity index (χ1v) is 3.65. The second kappa shape index (κ2) is 3.50. The average Bonchev–Trinajstić information content (AvgIpc) is 2.34. The summed E-state index contributed by atoms with van der Waals surface area (Å²) in [7, 11) is 0. The van der Waals surface area contributed by atoms with E-state index in [0.29, 0.717) is 5.76 Å². The Bertz CT molecular complexity index is 240. The van der Waals surface area contributed by atoms with Gasteiger partial charge < -0.3 is 4.52 Å². The molecular weight excluding hydrogens is 245 g/mol. The van der Waals surface area contributed by atoms with Gasteiger partial charge in [-0.15, -0.1) is 0 Å². The zero-order valence-corrected chi connectivity index (χ0v) is 7.11. The summed E-state index contributed by atoms with van der Waals surface area (Å²) in [6, 6.07) is 1.68. The summed E-state index contributed by atoms with van der Waals surface area (Å²) in [5.74, 6) is 0.588. The molecule has 0 saturated carbocycles. The third-order valence-electron chi connectivity index (χ3n) is 0.836. The lowest BCUT2D eigenvalue weighted by Gasteiger charge is -1.76. The normalized spacial score (nSPS) is 10.5. The minimum atomic E-state index is -0.0333. The zero-order valence-electron chi connectivity index (χ0n) is 4.95. The number of carbonyl (C=O) groups excluding carboxylic acids is 1. The van der Waals surface area contributed by atoms with Crippen LogP contribution >= 0.6 is 22.6 Å². The molecule has 0 unspecified atom stereocenters. The summed E-state index contributed by atoms with van der Waals surface area (Å²) in [5, 5.41) is 3.46. The quantitative estimate of drug-likeness (QED) is 0.454. The van der Waals surface area contributed by atoms with Crippen molar-refractivity contribution in [3.05, 3.63) is 24.1 Å². The Kier molecular flexibility index (Phi) is 2.61. The van der Waals surface area contributed by atoms with E-state index in [1.54, 1.807) is 34.7 Å². The van der Waals surface area contributed by atoms with Crippen LogP contribution in [0, 0.1) is 0 Å². The van der Waals surface area contributed by atoms with Crippen molar-refractivity contribution >= 4 is 32.5 Å². The summed E-state index contributed by atoms with van der Waals surface area (Å²) in [6.07, 6.45) is 4.51. The minimum Gasteiger partial charge on any atom is -0.357 e. The van der Waals surface area contributed by atoms with Crippen molar-refractivity contribution in [2.75, 3.05) is 0 Å². The molecule has 0 amide bonds. The molecule has 0 aliphatic rings. The molecule has 10 heavy (non-hydrogen) atoms. The van der Waals surface area contributed by atoms with Crippen LogP contribution in [0.1, 0.15) is 5.76 Å². The van der Waals surface area contributed by atoms with Crippen molar-refractivity contribution in [3.63, 3.8) is 0 Å². The number of hydrogen-bond donors (Lipinski definition) is 0. The largest absolute Gasteiger partial charge is 0.357 e. The Morgan fingerprint density at radius 3 is 3.10 bits per heavy atom. The fourth-order valence-electron chi connectivity index (χ4n) is 0.459. The first-order chi connectivity index (χ1) is 4.79. The van der Waals surface area contributed by atoms with Gasteiger partial charge in [-0.25, -0.2) is 0 Å². The fourth-order valence-corrected chi connectivity index (χ4v) is 0.639. The molecule has 1 rings (SSSR count). The molecule has 0 fully saturated rings. The van der Waals surface area contributed by atoms with Gasteiger partial charge in [-0.1, -0.05) is 5.16 Å². The van der Waals surface area contributed by atoms with Crippen molar-refractivity contribution in [2.24, 2.45) is 0 Å². The van der Waals surface area contributed by atoms with Crippen LogP contribution in [0.2, 0.25) is 0 Å². The van der Waals surface area contributed by atoms with E-state index in [1.165, 1.54) is 12.3 Å². The Hall–Kier alpha value is -0.650. The smallest absolute Gasteiger partial charge is 0.215 e. The molecule has 0 saturated heterocycles. The number of rotatable bonds is 2. The number of nitrogens with zero attached hydrogens (tertiary/aromatic N) is 1. The number of hydrogen-bond acceptors (Lipinski definition) is 3. The predicted octanol–water partition coefficient (Wildman–Crippen LogP) is 1.65. The second-order valence-corrected chi connectivity index (χ2v) is 2.62. The van der Waals surface area contributed by atoms with E-state index < -0.39 is 0 Å². The van der Waals surface area contributed by atoms with Crippen LogP contribution in [0.15, 0.2) is 22.9 Å². The molecule has 0 aliphatic carbocycles. The third kappa shape index (κ3) is 2.30. The molecule has 1 aromatic rings. The highest BCUT2D eigenvalue weighted by Crippen LogP contribution is 2.00. The van der Waals surface area contributed by atoms with Crippen molar-refractivity contribution < 1.29 is 9.32 Å². The van der Waals surface area contributed by atoms with Crippen LogP contribution in [0.25, 0.3) is 6.08 Å². The molecule has 0 radical (unpaired) electrons. The van der Waals surface area contributed by atoms with Crippen LogP contribution in [0.4, 0.5) is 0 Å². The monoisotopic (exact) mass is 249 g/mol. The Balaban J connectivity index is 2.64. The molecule has 0 aromatic carbocycles. The van der Waals surface area contributed by atoms with E-state index >= 15 is 0 Å². The summed E-state index contributed by atoms with van der Waals surface area (Å²) >= 11 is 1.68. The summed E-state index contributed by atoms with van der Waals surface area (Å²) in [6.45, 7) is 0. The van der Waals surface area contributed by atoms with Crippen LogP contribution < -0.4 is 0 Å². The maximum Gasteiger partial charge on any atom is 0.215 e. The highest BCUT2D eigenvalue weighted by molar-refractivity contribution is 14.1. The lowest BCUT2D eigenvalue weighted by molar-refractivity contribution is -0.105. The van der Waals surface area contributed by atoms with E-state index in [-0.39, 0.29) is 3.79 Å². The zero-order chi connectivity index (χ0) is 7.40. The van der Waals surface area contributed by atoms with Crippen LogP contribution in [-0.2, 0) is 4.79 Å². The van der Waals surface area contributed by atoms with E-state index in [1.807, 2.05) is 0 Å². The molecule has 0 atom stereocenters. The molecular formula is C6H4INO2. The van der Waals surface area contributed by atoms with Crippen molar-refractivity contribution in [2.45, 2.75) is 0 Å². The van der Waals surface area contributed by atoms with E-state index in [4.69, 9.17) is 4.52 Å². The Morgan fingerprint density at radius 2 is 2.60 bits per heavy atom. The molecule has 0 bridgehead atoms. The maximum absolute atomic E-state index is 10.4. The van der Waals surface area contributed by atoms with E-state index in [9.17, 15) is 4.79 Å². The van der Waals surface area contributed by atoms with Crippen LogP contribution in [0.3, 0.4) is 0 Å². The third-order valence-corrected chi connectivity index (χ3v) is 1.20. The summed E-state index contributed by atoms with van der Waals surface area (Å²) in [5.41, 5.74) is 0. The summed E-state index contributed by atoms with van der Waals surface area (Å²) < 4.78 is 4.66. The topological polar surface area (TPSA) is 43.1 Å². The molecule has 0 spiro atoms. The first kappa shape index (κ1) is 7.46. The highest BCUT2D eigenvalue weighted by atomic mass is 127. The standard InChI is InChI=1S/C6H4INO2/c7-6(9)2-1-5-3-4-8-10-5/h1-4H/b2-1+. The van der Waals surface area contributed by atoms with Crippen molar-refractivity contribution in [1.82, 2.24) is 5.16 Å². The van der Waals surface area contributed by atoms with Gasteiger partial charge in [0.15, 0.2) is 5.76 Å². The van der Waals surface area contributed by atoms with Gasteiger partial charge in [-0.05, 0) is 12.2 Å². The van der Waals surface area contributed by atoms with Gasteiger partial charge in [-0.3, -0.25) is 4.79 Å². The van der Waals surface area contributed by atoms with Gasteiger partial charge in [0.2, 0.25) is 3.79 Å². The second-order valence-electron chi connectivity index (χ2n) is 1.55. The fraction of sp³-hybridized carbons (Fsp3) is 0. The molecule has 3 nitrogen and oxygen atoms in total. The molecule has 52 valence electrons. The Labute approximate surface area is 71.2 Å². The van der Waals surface area contributed by atoms with E-state index in [2.05, 4.69) is 5.16 Å². The van der Waals surface area contributed by atoms with Gasteiger partial charge in [0.25, 0.3) is 0 Å². The molecule has 1 aromatic heterocycles. The molecule has 1 heterocycles. The van der Waals surface area contributed by atoms with Crippen molar-refractivity contribution in [3.8, 4) is 0 Å². The Morgan fingerprint density at radius 1 is 1.80 bits per heavy atom. The number of halogens is 1. The molecule has 0 aliphatic heterocycles. The first-order valence-electron chi connectivity index (χ1n) is 2.57. The predicted molar refractivity (Wildman–Crippen MR) is 44.6 cm³/mol. The van der Waals surface area contributed by atoms with Gasteiger partial charge in [0.1, 0.15) is 0 Å². The number of aromatic nitrogens is 1. The van der Waals surface area contributed by atoms with Gasteiger partial charge in [0.05, 0.1) is 6.20 Å². The van der Waals surface area contributed by atoms with Gasteiger partial charge in [0, 0.05) is 28.7 Å². The summed E-state index contributed by atoms with van der Waals surface area (Å²) in [4.78, 5) is 10.4. The lowest BCUT2D eigenvalue weighted by Crippen LogP contribution is -1.71. The van der Waals surface area contributed by atoms with E-state index in [0.717, 1.165) is 0 Å². The average molecular weight is 249 g/mol. The maximum atomic E-state index is 10.4. The van der Waals surface area contributed by atoms with Gasteiger partial charge in [-0.2, -0.15) is 0 Å². The van der Waals surface area contributed by atoms with Gasteiger partial charge >= 0.3 is 0 Å². The van der Waals surface area contributed by atoms with Crippen molar-refractivity contribution in [1.29, 1.82) is 0 Å². The minimum absolute atomic E-state index is 0.0333. The number of carbonyl (C=O) groups is 1. The molecule has 0 N–H and O–H groups in total. The number of allylic oxidation sites excluding steroid dienone is 1. The molecule has 4 heteroatoms. The lowest BCUT2D eigenvalue weighted by atomic mass is 10.4.